The molecule has 4 rings (SSSR count). The molecule has 2 aromatic heterocycles. The third-order valence-electron chi connectivity index (χ3n) is 4.42. The topological polar surface area (TPSA) is 138 Å². The lowest BCUT2D eigenvalue weighted by Gasteiger charge is -2.06. The Hall–Kier alpha value is -4.34. The molecule has 0 fully saturated rings. The van der Waals surface area contributed by atoms with Crippen LogP contribution in [0.1, 0.15) is 27.4 Å². The molecule has 4 aromatic rings. The predicted octanol–water partition coefficient (Wildman–Crippen LogP) is 1.59. The minimum atomic E-state index is -0.574. The number of rotatable bonds is 4. The largest absolute Gasteiger partial charge is 0.507 e. The molecule has 0 saturated heterocycles. The van der Waals surface area contributed by atoms with E-state index >= 15 is 0 Å². The van der Waals surface area contributed by atoms with Gasteiger partial charge in [0.05, 0.1) is 11.9 Å². The summed E-state index contributed by atoms with van der Waals surface area (Å²) in [6, 6.07) is 12.4. The van der Waals surface area contributed by atoms with Gasteiger partial charge in [0, 0.05) is 5.56 Å². The van der Waals surface area contributed by atoms with Gasteiger partial charge in [0.15, 0.2) is 0 Å². The first-order valence-electron chi connectivity index (χ1n) is 8.99. The summed E-state index contributed by atoms with van der Waals surface area (Å²) in [7, 11) is 0. The number of fused-ring (bicyclic) bond motifs is 1. The van der Waals surface area contributed by atoms with Gasteiger partial charge in [0.25, 0.3) is 17.4 Å². The number of carbonyl (C=O) groups excluding carboxylic acids is 1. The zero-order valence-corrected chi connectivity index (χ0v) is 16.1. The lowest BCUT2D eigenvalue weighted by atomic mass is 10.0. The normalized spacial score (nSPS) is 11.3. The summed E-state index contributed by atoms with van der Waals surface area (Å²) >= 11 is 0. The summed E-state index contributed by atoms with van der Waals surface area (Å²) in [5.41, 5.74) is 3.31. The van der Waals surface area contributed by atoms with Crippen LogP contribution in [0.2, 0.25) is 0 Å². The molecular weight excluding hydrogens is 386 g/mol. The van der Waals surface area contributed by atoms with Gasteiger partial charge >= 0.3 is 0 Å². The molecular formula is C20H17N7O3. The van der Waals surface area contributed by atoms with Gasteiger partial charge in [-0.1, -0.05) is 30.3 Å². The molecule has 1 amide bonds. The number of benzene rings is 2. The van der Waals surface area contributed by atoms with Crippen molar-refractivity contribution in [1.29, 1.82) is 0 Å². The first-order valence-corrected chi connectivity index (χ1v) is 8.99. The molecule has 10 nitrogen and oxygen atoms in total. The number of phenols is 1. The predicted molar refractivity (Wildman–Crippen MR) is 110 cm³/mol. The minimum Gasteiger partial charge on any atom is -0.507 e. The molecule has 30 heavy (non-hydrogen) atoms. The number of H-pyrrole nitrogens is 1. The lowest BCUT2D eigenvalue weighted by molar-refractivity contribution is 0.0947. The molecule has 2 aromatic carbocycles. The second-order valence-corrected chi connectivity index (χ2v) is 6.56. The van der Waals surface area contributed by atoms with Crippen LogP contribution in [0.4, 0.5) is 0 Å². The molecule has 0 saturated carbocycles. The van der Waals surface area contributed by atoms with E-state index in [2.05, 4.69) is 30.8 Å². The van der Waals surface area contributed by atoms with Crippen LogP contribution >= 0.6 is 0 Å². The fourth-order valence-electron chi connectivity index (χ4n) is 2.94. The highest BCUT2D eigenvalue weighted by Gasteiger charge is 2.17. The van der Waals surface area contributed by atoms with Crippen molar-refractivity contribution in [2.24, 2.45) is 5.10 Å². The quantitative estimate of drug-likeness (QED) is 0.349. The second kappa shape index (κ2) is 7.59. The van der Waals surface area contributed by atoms with Gasteiger partial charge in [-0.05, 0) is 36.8 Å². The summed E-state index contributed by atoms with van der Waals surface area (Å²) in [5, 5.41) is 27.7. The monoisotopic (exact) mass is 403 g/mol. The van der Waals surface area contributed by atoms with Crippen molar-refractivity contribution >= 4 is 22.9 Å². The number of nitrogens with one attached hydrogen (secondary N) is 2. The molecule has 0 spiro atoms. The molecule has 0 aliphatic heterocycles. The highest BCUT2D eigenvalue weighted by Crippen LogP contribution is 2.25. The van der Waals surface area contributed by atoms with Gasteiger partial charge < -0.3 is 5.11 Å². The van der Waals surface area contributed by atoms with Crippen molar-refractivity contribution in [3.05, 3.63) is 75.5 Å². The summed E-state index contributed by atoms with van der Waals surface area (Å²) in [6.45, 7) is 3.22. The Morgan fingerprint density at radius 3 is 2.80 bits per heavy atom. The third-order valence-corrected chi connectivity index (χ3v) is 4.42. The van der Waals surface area contributed by atoms with Crippen LogP contribution in [0.25, 0.3) is 16.7 Å². The average Bonchev–Trinajstić information content (AvgIpc) is 3.13. The van der Waals surface area contributed by atoms with E-state index in [1.54, 1.807) is 19.1 Å². The highest BCUT2D eigenvalue weighted by molar-refractivity contribution is 6.03. The van der Waals surface area contributed by atoms with Gasteiger partial charge in [-0.15, -0.1) is 10.2 Å². The number of aryl methyl sites for hydroxylation is 2. The number of aromatic nitrogens is 5. The maximum Gasteiger partial charge on any atom is 0.290 e. The SMILES string of the molecule is Cc1cc(C(=O)N/N=C\c2c(O)ccc3ccccc23)n(-c2nnc(C)c(=O)[nH]2)n1. The molecule has 0 atom stereocenters. The molecule has 150 valence electrons. The molecule has 0 radical (unpaired) electrons. The number of aromatic hydroxyl groups is 1. The Morgan fingerprint density at radius 1 is 1.20 bits per heavy atom. The van der Waals surface area contributed by atoms with E-state index in [1.165, 1.54) is 23.9 Å². The maximum absolute atomic E-state index is 12.7. The summed E-state index contributed by atoms with van der Waals surface area (Å²) in [4.78, 5) is 27.0. The van der Waals surface area contributed by atoms with Gasteiger partial charge in [-0.25, -0.2) is 5.43 Å². The highest BCUT2D eigenvalue weighted by atomic mass is 16.3. The fraction of sp³-hybridized carbons (Fsp3) is 0.100. The van der Waals surface area contributed by atoms with Crippen molar-refractivity contribution in [2.45, 2.75) is 13.8 Å². The molecule has 10 heteroatoms. The molecule has 0 unspecified atom stereocenters. The average molecular weight is 403 g/mol. The number of carbonyl (C=O) groups is 1. The van der Waals surface area contributed by atoms with Crippen LogP contribution in [-0.4, -0.2) is 42.2 Å². The van der Waals surface area contributed by atoms with E-state index in [4.69, 9.17) is 0 Å². The molecule has 0 bridgehead atoms. The van der Waals surface area contributed by atoms with Crippen LogP contribution in [-0.2, 0) is 0 Å². The number of hydrazone groups is 1. The van der Waals surface area contributed by atoms with Crippen LogP contribution in [0, 0.1) is 13.8 Å². The second-order valence-electron chi connectivity index (χ2n) is 6.56. The van der Waals surface area contributed by atoms with Crippen LogP contribution in [0.15, 0.2) is 52.4 Å². The van der Waals surface area contributed by atoms with E-state index < -0.39 is 11.5 Å². The molecule has 2 heterocycles. The zero-order valence-electron chi connectivity index (χ0n) is 16.1. The van der Waals surface area contributed by atoms with E-state index in [9.17, 15) is 14.7 Å². The van der Waals surface area contributed by atoms with Gasteiger partial charge in [-0.3, -0.25) is 14.6 Å². The van der Waals surface area contributed by atoms with E-state index in [1.807, 2.05) is 24.3 Å². The first-order chi connectivity index (χ1) is 14.4. The van der Waals surface area contributed by atoms with E-state index in [0.29, 0.717) is 11.3 Å². The number of phenolic OH excluding ortho intramolecular Hbond substituents is 1. The number of amides is 1. The van der Waals surface area contributed by atoms with Crippen LogP contribution < -0.4 is 11.0 Å². The van der Waals surface area contributed by atoms with Crippen LogP contribution in [0.3, 0.4) is 0 Å². The first kappa shape index (κ1) is 19.0. The summed E-state index contributed by atoms with van der Waals surface area (Å²) < 4.78 is 1.18. The third kappa shape index (κ3) is 3.53. The lowest BCUT2D eigenvalue weighted by Crippen LogP contribution is -2.24. The smallest absolute Gasteiger partial charge is 0.290 e. The maximum atomic E-state index is 12.7. The minimum absolute atomic E-state index is 0.0135. The van der Waals surface area contributed by atoms with Gasteiger partial charge in [0.1, 0.15) is 17.1 Å². The molecule has 0 aliphatic rings. The molecule has 0 aliphatic carbocycles. The Bertz CT molecular complexity index is 1350. The van der Waals surface area contributed by atoms with E-state index in [-0.39, 0.29) is 23.1 Å². The van der Waals surface area contributed by atoms with E-state index in [0.717, 1.165) is 10.8 Å². The zero-order chi connectivity index (χ0) is 21.3. The Morgan fingerprint density at radius 2 is 2.00 bits per heavy atom. The number of hydrogen-bond acceptors (Lipinski definition) is 7. The van der Waals surface area contributed by atoms with Gasteiger partial charge in [-0.2, -0.15) is 14.9 Å². The van der Waals surface area contributed by atoms with Crippen molar-refractivity contribution in [1.82, 2.24) is 30.4 Å². The van der Waals surface area contributed by atoms with Crippen molar-refractivity contribution in [3.63, 3.8) is 0 Å². The number of aromatic amines is 1. The Labute approximate surface area is 169 Å². The Kier molecular flexibility index (Phi) is 4.80. The summed E-state index contributed by atoms with van der Waals surface area (Å²) in [6.07, 6.45) is 1.37. The number of hydrogen-bond donors (Lipinski definition) is 3. The summed E-state index contributed by atoms with van der Waals surface area (Å²) in [5.74, 6) is -0.519. The van der Waals surface area contributed by atoms with Crippen molar-refractivity contribution in [3.8, 4) is 11.7 Å². The number of nitrogens with zero attached hydrogens (tertiary/aromatic N) is 5. The van der Waals surface area contributed by atoms with Crippen molar-refractivity contribution in [2.75, 3.05) is 0 Å². The standard InChI is InChI=1S/C20H17N7O3/c1-11-9-16(27(26-11)20-22-18(29)12(2)23-25-20)19(30)24-21-10-15-14-6-4-3-5-13(14)7-8-17(15)28/h3-10,28H,1-2H3,(H,24,30)(H,22,25,29)/b21-10-. The van der Waals surface area contributed by atoms with Gasteiger partial charge in [0.2, 0.25) is 0 Å². The van der Waals surface area contributed by atoms with Crippen LogP contribution in [0.5, 0.6) is 5.75 Å². The molecule has 3 N–H and O–H groups in total. The Balaban J connectivity index is 1.62. The fourth-order valence-corrected chi connectivity index (χ4v) is 2.94. The van der Waals surface area contributed by atoms with Crippen molar-refractivity contribution < 1.29 is 9.90 Å².